The summed E-state index contributed by atoms with van der Waals surface area (Å²) in [6, 6.07) is 19.3. The molecule has 3 aromatic carbocycles. The zero-order valence-corrected chi connectivity index (χ0v) is 22.1. The molecule has 5 rings (SSSR count). The minimum Gasteiger partial charge on any atom is -0.497 e. The highest BCUT2D eigenvalue weighted by atomic mass is 32.2. The lowest BCUT2D eigenvalue weighted by molar-refractivity contribution is -0.115. The number of hydrogen-bond acceptors (Lipinski definition) is 7. The lowest BCUT2D eigenvalue weighted by Gasteiger charge is -2.17. The minimum atomic E-state index is -0.443. The predicted molar refractivity (Wildman–Crippen MR) is 147 cm³/mol. The first-order valence-electron chi connectivity index (χ1n) is 12.0. The summed E-state index contributed by atoms with van der Waals surface area (Å²) in [5.74, 6) is 1.90. The van der Waals surface area contributed by atoms with E-state index in [-0.39, 0.29) is 11.9 Å². The van der Waals surface area contributed by atoms with Gasteiger partial charge in [-0.1, -0.05) is 30.0 Å². The maximum atomic E-state index is 13.2. The zero-order chi connectivity index (χ0) is 26.1. The van der Waals surface area contributed by atoms with Crippen molar-refractivity contribution in [3.8, 4) is 22.9 Å². The van der Waals surface area contributed by atoms with Crippen LogP contribution in [0.4, 0.5) is 5.69 Å². The number of benzene rings is 3. The van der Waals surface area contributed by atoms with Crippen molar-refractivity contribution in [3.05, 3.63) is 60.7 Å². The number of ether oxygens (including phenoxy) is 2. The molecular weight excluding hydrogens is 488 g/mol. The fraction of sp³-hybridized carbons (Fsp3) is 0.250. The van der Waals surface area contributed by atoms with Crippen LogP contribution in [0.1, 0.15) is 26.8 Å². The van der Waals surface area contributed by atoms with E-state index in [0.29, 0.717) is 22.2 Å². The van der Waals surface area contributed by atoms with Gasteiger partial charge in [0, 0.05) is 28.4 Å². The van der Waals surface area contributed by atoms with E-state index in [1.807, 2.05) is 72.2 Å². The Balaban J connectivity index is 1.39. The molecule has 0 bridgehead atoms. The summed E-state index contributed by atoms with van der Waals surface area (Å²) >= 11 is 1.36. The molecule has 0 saturated heterocycles. The quantitative estimate of drug-likeness (QED) is 0.233. The number of carbonyl (C=O) groups excluding carboxylic acids is 1. The molecule has 0 aliphatic carbocycles. The highest BCUT2D eigenvalue weighted by Crippen LogP contribution is 2.37. The Hall–Kier alpha value is -3.98. The van der Waals surface area contributed by atoms with Crippen LogP contribution in [0.3, 0.4) is 0 Å². The second kappa shape index (κ2) is 10.2. The van der Waals surface area contributed by atoms with E-state index in [0.717, 1.165) is 33.5 Å². The normalized spacial score (nSPS) is 12.3. The van der Waals surface area contributed by atoms with Crippen molar-refractivity contribution < 1.29 is 18.7 Å². The third kappa shape index (κ3) is 4.74. The number of carbonyl (C=O) groups is 1. The van der Waals surface area contributed by atoms with Crippen LogP contribution in [0, 0.1) is 0 Å². The van der Waals surface area contributed by atoms with Crippen LogP contribution < -0.4 is 14.8 Å². The predicted octanol–water partition coefficient (Wildman–Crippen LogP) is 6.56. The van der Waals surface area contributed by atoms with Gasteiger partial charge in [-0.05, 0) is 57.2 Å². The Bertz CT molecular complexity index is 1570. The van der Waals surface area contributed by atoms with Gasteiger partial charge in [0.25, 0.3) is 0 Å². The second-order valence-electron chi connectivity index (χ2n) is 8.89. The van der Waals surface area contributed by atoms with Gasteiger partial charge in [-0.15, -0.1) is 10.2 Å². The van der Waals surface area contributed by atoms with Crippen LogP contribution >= 0.6 is 11.8 Å². The summed E-state index contributed by atoms with van der Waals surface area (Å²) in [7, 11) is 3.22. The van der Waals surface area contributed by atoms with Crippen molar-refractivity contribution >= 4 is 45.3 Å². The lowest BCUT2D eigenvalue weighted by atomic mass is 10.1. The molecule has 0 spiro atoms. The molecule has 1 N–H and O–H groups in total. The summed E-state index contributed by atoms with van der Waals surface area (Å²) in [4.78, 5) is 13.2. The van der Waals surface area contributed by atoms with E-state index in [1.54, 1.807) is 14.2 Å². The summed E-state index contributed by atoms with van der Waals surface area (Å²) in [6.45, 7) is 5.98. The van der Waals surface area contributed by atoms with Crippen molar-refractivity contribution in [1.29, 1.82) is 0 Å². The maximum Gasteiger partial charge on any atom is 0.237 e. The summed E-state index contributed by atoms with van der Waals surface area (Å²) in [5.41, 5.74) is 2.94. The molecule has 0 unspecified atom stereocenters. The lowest BCUT2D eigenvalue weighted by Crippen LogP contribution is -2.23. The summed E-state index contributed by atoms with van der Waals surface area (Å²) < 4.78 is 18.9. The highest BCUT2D eigenvalue weighted by Gasteiger charge is 2.23. The molecule has 0 fully saturated rings. The van der Waals surface area contributed by atoms with Crippen LogP contribution in [0.2, 0.25) is 0 Å². The number of para-hydroxylation sites is 1. The number of rotatable bonds is 8. The van der Waals surface area contributed by atoms with Crippen LogP contribution in [0.15, 0.2) is 70.2 Å². The van der Waals surface area contributed by atoms with E-state index in [9.17, 15) is 4.79 Å². The SMILES string of the molecule is COc1ccc(-c2nnc(S[C@@H](C)C(=O)Nc3cc4oc5ccccc5c4cc3OC)n2C(C)C)cc1. The van der Waals surface area contributed by atoms with Crippen molar-refractivity contribution in [2.24, 2.45) is 0 Å². The number of hydrogen-bond donors (Lipinski definition) is 1. The molecule has 9 heteroatoms. The standard InChI is InChI=1S/C28H28N4O4S/c1-16(2)32-26(18-10-12-19(34-4)13-11-18)30-31-28(32)37-17(3)27(33)29-22-15-24-21(14-25(22)35-5)20-8-6-7-9-23(20)36-24/h6-17H,1-5H3,(H,29,33)/t17-/m0/s1. The largest absolute Gasteiger partial charge is 0.497 e. The molecule has 37 heavy (non-hydrogen) atoms. The molecule has 0 saturated carbocycles. The number of thioether (sulfide) groups is 1. The molecule has 2 aromatic heterocycles. The Labute approximate surface area is 219 Å². The van der Waals surface area contributed by atoms with Gasteiger partial charge in [0.1, 0.15) is 22.7 Å². The Morgan fingerprint density at radius 3 is 2.41 bits per heavy atom. The van der Waals surface area contributed by atoms with Crippen molar-refractivity contribution in [3.63, 3.8) is 0 Å². The number of fused-ring (bicyclic) bond motifs is 3. The zero-order valence-electron chi connectivity index (χ0n) is 21.3. The molecule has 8 nitrogen and oxygen atoms in total. The van der Waals surface area contributed by atoms with Crippen LogP contribution in [0.25, 0.3) is 33.3 Å². The van der Waals surface area contributed by atoms with Gasteiger partial charge in [0.15, 0.2) is 11.0 Å². The molecular formula is C28H28N4O4S. The number of nitrogens with zero attached hydrogens (tertiary/aromatic N) is 3. The number of anilines is 1. The molecule has 190 valence electrons. The van der Waals surface area contributed by atoms with E-state index < -0.39 is 5.25 Å². The molecule has 1 atom stereocenters. The minimum absolute atomic E-state index is 0.0976. The van der Waals surface area contributed by atoms with Crippen LogP contribution in [0.5, 0.6) is 11.5 Å². The van der Waals surface area contributed by atoms with Gasteiger partial charge >= 0.3 is 0 Å². The van der Waals surface area contributed by atoms with Gasteiger partial charge in [0.05, 0.1) is 25.2 Å². The first-order chi connectivity index (χ1) is 17.9. The monoisotopic (exact) mass is 516 g/mol. The number of amides is 1. The third-order valence-corrected chi connectivity index (χ3v) is 7.19. The molecule has 0 aliphatic heterocycles. The molecule has 5 aromatic rings. The molecule has 0 radical (unpaired) electrons. The first kappa shape index (κ1) is 24.7. The topological polar surface area (TPSA) is 91.4 Å². The van der Waals surface area contributed by atoms with E-state index >= 15 is 0 Å². The van der Waals surface area contributed by atoms with Crippen molar-refractivity contribution in [2.45, 2.75) is 37.2 Å². The third-order valence-electron chi connectivity index (χ3n) is 6.14. The summed E-state index contributed by atoms with van der Waals surface area (Å²) in [5, 5.41) is 14.0. The average molecular weight is 517 g/mol. The van der Waals surface area contributed by atoms with Crippen molar-refractivity contribution in [1.82, 2.24) is 14.8 Å². The second-order valence-corrected chi connectivity index (χ2v) is 10.2. The van der Waals surface area contributed by atoms with Crippen LogP contribution in [-0.4, -0.2) is 40.1 Å². The smallest absolute Gasteiger partial charge is 0.237 e. The fourth-order valence-corrected chi connectivity index (χ4v) is 5.20. The first-order valence-corrected chi connectivity index (χ1v) is 12.8. The van der Waals surface area contributed by atoms with Gasteiger partial charge in [-0.2, -0.15) is 0 Å². The molecule has 0 aliphatic rings. The fourth-order valence-electron chi connectivity index (χ4n) is 4.22. The maximum absolute atomic E-state index is 13.2. The van der Waals surface area contributed by atoms with Gasteiger partial charge in [-0.3, -0.25) is 9.36 Å². The van der Waals surface area contributed by atoms with Crippen molar-refractivity contribution in [2.75, 3.05) is 19.5 Å². The van der Waals surface area contributed by atoms with E-state index in [1.165, 1.54) is 11.8 Å². The Morgan fingerprint density at radius 1 is 0.946 bits per heavy atom. The Morgan fingerprint density at radius 2 is 1.70 bits per heavy atom. The number of furan rings is 1. The van der Waals surface area contributed by atoms with Gasteiger partial charge in [-0.25, -0.2) is 0 Å². The number of nitrogens with one attached hydrogen (secondary N) is 1. The van der Waals surface area contributed by atoms with Gasteiger partial charge in [0.2, 0.25) is 5.91 Å². The number of aromatic nitrogens is 3. The number of methoxy groups -OCH3 is 2. The average Bonchev–Trinajstić information content (AvgIpc) is 3.49. The van der Waals surface area contributed by atoms with E-state index in [2.05, 4.69) is 29.4 Å². The molecule has 1 amide bonds. The van der Waals surface area contributed by atoms with Crippen LogP contribution in [-0.2, 0) is 4.79 Å². The highest BCUT2D eigenvalue weighted by molar-refractivity contribution is 8.00. The van der Waals surface area contributed by atoms with Gasteiger partial charge < -0.3 is 19.2 Å². The Kier molecular flexibility index (Phi) is 6.80. The van der Waals surface area contributed by atoms with E-state index in [4.69, 9.17) is 13.9 Å². The molecule has 2 heterocycles. The summed E-state index contributed by atoms with van der Waals surface area (Å²) in [6.07, 6.45) is 0.